The van der Waals surface area contributed by atoms with Gasteiger partial charge in [0.05, 0.1) is 17.9 Å². The SMILES string of the molecule is O=C(Nc1ccc2c(c1)OCCO2)N1Cc2ccccc2-n2cccc2[C@H]1c1ccccc1Cl. The van der Waals surface area contributed by atoms with Gasteiger partial charge in [0.25, 0.3) is 0 Å². The number of nitrogens with one attached hydrogen (secondary N) is 1. The fourth-order valence-corrected chi connectivity index (χ4v) is 4.92. The van der Waals surface area contributed by atoms with Gasteiger partial charge in [-0.3, -0.25) is 0 Å². The van der Waals surface area contributed by atoms with E-state index < -0.39 is 0 Å². The Hall–Kier alpha value is -3.90. The van der Waals surface area contributed by atoms with Crippen molar-refractivity contribution in [3.8, 4) is 17.2 Å². The smallest absolute Gasteiger partial charge is 0.322 e. The summed E-state index contributed by atoms with van der Waals surface area (Å²) in [6.45, 7) is 1.42. The molecule has 0 aliphatic carbocycles. The number of benzene rings is 3. The van der Waals surface area contributed by atoms with Crippen LogP contribution in [0.15, 0.2) is 85.1 Å². The molecule has 0 unspecified atom stereocenters. The third-order valence-electron chi connectivity index (χ3n) is 6.22. The van der Waals surface area contributed by atoms with E-state index in [9.17, 15) is 4.79 Å². The summed E-state index contributed by atoms with van der Waals surface area (Å²) in [5, 5.41) is 3.68. The molecule has 0 saturated carbocycles. The first-order valence-corrected chi connectivity index (χ1v) is 11.5. The second kappa shape index (κ2) is 8.47. The van der Waals surface area contributed by atoms with Gasteiger partial charge in [0.2, 0.25) is 0 Å². The van der Waals surface area contributed by atoms with Crippen LogP contribution in [0.1, 0.15) is 22.9 Å². The zero-order chi connectivity index (χ0) is 23.1. The zero-order valence-corrected chi connectivity index (χ0v) is 19.0. The highest BCUT2D eigenvalue weighted by Gasteiger charge is 2.34. The van der Waals surface area contributed by atoms with Crippen molar-refractivity contribution in [3.63, 3.8) is 0 Å². The van der Waals surface area contributed by atoms with Crippen LogP contribution in [-0.2, 0) is 6.54 Å². The van der Waals surface area contributed by atoms with Crippen LogP contribution in [0.5, 0.6) is 11.5 Å². The van der Waals surface area contributed by atoms with Crippen LogP contribution in [0.3, 0.4) is 0 Å². The number of halogens is 1. The Morgan fingerprint density at radius 2 is 1.71 bits per heavy atom. The first kappa shape index (κ1) is 20.7. The molecule has 0 fully saturated rings. The van der Waals surface area contributed by atoms with Crippen molar-refractivity contribution in [1.82, 2.24) is 9.47 Å². The van der Waals surface area contributed by atoms with Crippen molar-refractivity contribution in [3.05, 3.63) is 107 Å². The van der Waals surface area contributed by atoms with E-state index in [1.54, 1.807) is 6.07 Å². The molecule has 6 rings (SSSR count). The van der Waals surface area contributed by atoms with Crippen molar-refractivity contribution in [2.45, 2.75) is 12.6 Å². The third-order valence-corrected chi connectivity index (χ3v) is 6.56. The Morgan fingerprint density at radius 1 is 0.912 bits per heavy atom. The number of ether oxygens (including phenoxy) is 2. The van der Waals surface area contributed by atoms with Crippen LogP contribution in [-0.4, -0.2) is 28.7 Å². The molecule has 0 saturated heterocycles. The van der Waals surface area contributed by atoms with Crippen molar-refractivity contribution in [1.29, 1.82) is 0 Å². The largest absolute Gasteiger partial charge is 0.486 e. The maximum Gasteiger partial charge on any atom is 0.322 e. The molecular formula is C27H22ClN3O3. The normalized spacial score (nSPS) is 16.3. The summed E-state index contributed by atoms with van der Waals surface area (Å²) in [6.07, 6.45) is 2.03. The van der Waals surface area contributed by atoms with Crippen LogP contribution in [0.4, 0.5) is 10.5 Å². The molecule has 4 aromatic rings. The number of aromatic nitrogens is 1. The number of anilines is 1. The van der Waals surface area contributed by atoms with Gasteiger partial charge in [0.1, 0.15) is 19.3 Å². The van der Waals surface area contributed by atoms with Gasteiger partial charge in [0, 0.05) is 23.0 Å². The molecule has 0 spiro atoms. The van der Waals surface area contributed by atoms with Crippen LogP contribution in [0.25, 0.3) is 5.69 Å². The monoisotopic (exact) mass is 471 g/mol. The molecular weight excluding hydrogens is 450 g/mol. The number of carbonyl (C=O) groups is 1. The number of hydrogen-bond donors (Lipinski definition) is 1. The lowest BCUT2D eigenvalue weighted by Gasteiger charge is -2.31. The Balaban J connectivity index is 1.44. The second-order valence-corrected chi connectivity index (χ2v) is 8.68. The molecule has 170 valence electrons. The van der Waals surface area contributed by atoms with Crippen LogP contribution in [0.2, 0.25) is 5.02 Å². The predicted molar refractivity (Wildman–Crippen MR) is 131 cm³/mol. The number of carbonyl (C=O) groups excluding carboxylic acids is 1. The van der Waals surface area contributed by atoms with Gasteiger partial charge in [-0.05, 0) is 47.5 Å². The summed E-state index contributed by atoms with van der Waals surface area (Å²) in [5.74, 6) is 1.31. The van der Waals surface area contributed by atoms with E-state index in [4.69, 9.17) is 21.1 Å². The lowest BCUT2D eigenvalue weighted by Crippen LogP contribution is -2.38. The molecule has 6 nitrogen and oxygen atoms in total. The van der Waals surface area contributed by atoms with E-state index in [-0.39, 0.29) is 12.1 Å². The lowest BCUT2D eigenvalue weighted by atomic mass is 10.0. The fraction of sp³-hybridized carbons (Fsp3) is 0.148. The molecule has 7 heteroatoms. The first-order chi connectivity index (χ1) is 16.7. The molecule has 2 amide bonds. The highest BCUT2D eigenvalue weighted by atomic mass is 35.5. The minimum atomic E-state index is -0.381. The van der Waals surface area contributed by atoms with Crippen molar-refractivity contribution >= 4 is 23.3 Å². The minimum absolute atomic E-state index is 0.231. The van der Waals surface area contributed by atoms with E-state index in [2.05, 4.69) is 22.0 Å². The van der Waals surface area contributed by atoms with Gasteiger partial charge in [-0.1, -0.05) is 48.0 Å². The molecule has 1 aromatic heterocycles. The summed E-state index contributed by atoms with van der Waals surface area (Å²) in [7, 11) is 0. The highest BCUT2D eigenvalue weighted by molar-refractivity contribution is 6.31. The lowest BCUT2D eigenvalue weighted by molar-refractivity contribution is 0.171. The standard InChI is InChI=1S/C27H22ClN3O3/c28-21-8-3-2-7-20(21)26-23-10-5-13-30(23)22-9-4-1-6-18(22)17-31(26)27(32)29-19-11-12-24-25(16-19)34-15-14-33-24/h1-13,16,26H,14-15,17H2,(H,29,32)/t26-/m1/s1. The second-order valence-electron chi connectivity index (χ2n) is 8.27. The fourth-order valence-electron chi connectivity index (χ4n) is 4.68. The maximum absolute atomic E-state index is 13.8. The van der Waals surface area contributed by atoms with Crippen molar-refractivity contribution < 1.29 is 14.3 Å². The number of rotatable bonds is 2. The number of nitrogens with zero attached hydrogens (tertiary/aromatic N) is 2. The average Bonchev–Trinajstić information content (AvgIpc) is 3.29. The summed E-state index contributed by atoms with van der Waals surface area (Å²) in [5.41, 5.74) is 4.57. The molecule has 1 atom stereocenters. The van der Waals surface area contributed by atoms with Crippen LogP contribution in [0, 0.1) is 0 Å². The van der Waals surface area contributed by atoms with Gasteiger partial charge in [-0.25, -0.2) is 4.79 Å². The van der Waals surface area contributed by atoms with E-state index >= 15 is 0 Å². The third kappa shape index (κ3) is 3.56. The number of para-hydroxylation sites is 1. The Labute approximate surface area is 202 Å². The molecule has 34 heavy (non-hydrogen) atoms. The zero-order valence-electron chi connectivity index (χ0n) is 18.3. The molecule has 0 radical (unpaired) electrons. The van der Waals surface area contributed by atoms with E-state index in [0.717, 1.165) is 22.5 Å². The Bertz CT molecular complexity index is 1380. The van der Waals surface area contributed by atoms with E-state index in [1.165, 1.54) is 0 Å². The maximum atomic E-state index is 13.8. The van der Waals surface area contributed by atoms with Gasteiger partial charge < -0.3 is 24.3 Å². The molecule has 1 N–H and O–H groups in total. The average molecular weight is 472 g/mol. The summed E-state index contributed by atoms with van der Waals surface area (Å²) < 4.78 is 13.4. The Morgan fingerprint density at radius 3 is 2.59 bits per heavy atom. The summed E-state index contributed by atoms with van der Waals surface area (Å²) in [6, 6.07) is 24.7. The highest BCUT2D eigenvalue weighted by Crippen LogP contribution is 2.40. The van der Waals surface area contributed by atoms with Crippen molar-refractivity contribution in [2.75, 3.05) is 18.5 Å². The quantitative estimate of drug-likeness (QED) is 0.388. The van der Waals surface area contributed by atoms with Gasteiger partial charge >= 0.3 is 6.03 Å². The Kier molecular flexibility index (Phi) is 5.15. The number of urea groups is 1. The van der Waals surface area contributed by atoms with Crippen LogP contribution >= 0.6 is 11.6 Å². The van der Waals surface area contributed by atoms with Gasteiger partial charge in [-0.15, -0.1) is 0 Å². The van der Waals surface area contributed by atoms with Crippen LogP contribution < -0.4 is 14.8 Å². The van der Waals surface area contributed by atoms with E-state index in [1.807, 2.05) is 71.8 Å². The summed E-state index contributed by atoms with van der Waals surface area (Å²) in [4.78, 5) is 15.6. The van der Waals surface area contributed by atoms with E-state index in [0.29, 0.717) is 42.0 Å². The molecule has 3 aromatic carbocycles. The number of hydrogen-bond acceptors (Lipinski definition) is 3. The van der Waals surface area contributed by atoms with Crippen molar-refractivity contribution in [2.24, 2.45) is 0 Å². The van der Waals surface area contributed by atoms with Gasteiger partial charge in [-0.2, -0.15) is 0 Å². The number of fused-ring (bicyclic) bond motifs is 4. The molecule has 2 aliphatic rings. The summed E-state index contributed by atoms with van der Waals surface area (Å²) >= 11 is 6.67. The first-order valence-electron chi connectivity index (χ1n) is 11.2. The topological polar surface area (TPSA) is 55.7 Å². The predicted octanol–water partition coefficient (Wildman–Crippen LogP) is 6.04. The molecule has 3 heterocycles. The molecule has 0 bridgehead atoms. The molecule has 2 aliphatic heterocycles. The minimum Gasteiger partial charge on any atom is -0.486 e. The van der Waals surface area contributed by atoms with Gasteiger partial charge in [0.15, 0.2) is 11.5 Å². The number of amides is 2.